The van der Waals surface area contributed by atoms with E-state index in [9.17, 15) is 24.0 Å². The SMILES string of the molecule is CCN(CC)c1ccc2c(-c3ccc(C(=O)NC4CCC(NC(=O)c5ccc6c(c5)C(=O)OC65c6ccc(OC(C)=O)cc6Oc6cc(OC(C)=O)ccc65)CC4)cc3SSC)c3ccc(=[N+](CC)CC)cc-3oc2c1. The standard InChI is InChI=1S/C60H58N4O10S2/c1-8-63(9-2)40-18-23-44-51(30-40)72-52-31-41(64(10-3)11-4)19-24-45(52)56(44)46-22-12-37(29-55(46)76-75-7)58(68)62-39-16-14-38(15-17-39)61-57(67)36-13-25-48-47(28-36)59(69)74-60(48)49-26-20-42(70-34(5)65)32-53(49)73-54-33-43(71-35(6)66)21-27-50(54)60/h12-13,18-33,38-39H,8-11,14-17H2,1-7H3,(H-,61,62,67,68)/p+1. The van der Waals surface area contributed by atoms with Crippen LogP contribution in [0.4, 0.5) is 5.69 Å². The van der Waals surface area contributed by atoms with Crippen molar-refractivity contribution in [3.05, 3.63) is 148 Å². The van der Waals surface area contributed by atoms with Crippen LogP contribution in [0.3, 0.4) is 0 Å². The van der Waals surface area contributed by atoms with Gasteiger partial charge in [-0.05, 0) is 132 Å². The van der Waals surface area contributed by atoms with Crippen molar-refractivity contribution < 1.29 is 47.3 Å². The van der Waals surface area contributed by atoms with E-state index in [-0.39, 0.29) is 58.0 Å². The molecular weight excluding hydrogens is 1000 g/mol. The van der Waals surface area contributed by atoms with Gasteiger partial charge in [-0.15, -0.1) is 0 Å². The van der Waals surface area contributed by atoms with Gasteiger partial charge >= 0.3 is 17.9 Å². The lowest BCUT2D eigenvalue weighted by Gasteiger charge is -2.36. The highest BCUT2D eigenvalue weighted by atomic mass is 33.1. The first-order valence-electron chi connectivity index (χ1n) is 25.8. The Hall–Kier alpha value is -7.56. The summed E-state index contributed by atoms with van der Waals surface area (Å²) in [4.78, 5) is 68.9. The monoisotopic (exact) mass is 1060 g/mol. The molecule has 16 heteroatoms. The van der Waals surface area contributed by atoms with Gasteiger partial charge in [0, 0.05) is 118 Å². The van der Waals surface area contributed by atoms with Crippen molar-refractivity contribution in [3.63, 3.8) is 0 Å². The maximum Gasteiger partial charge on any atom is 0.340 e. The van der Waals surface area contributed by atoms with Crippen LogP contribution in [0.5, 0.6) is 23.0 Å². The molecule has 2 N–H and O–H groups in total. The van der Waals surface area contributed by atoms with E-state index in [1.165, 1.54) is 26.0 Å². The number of esters is 3. The highest BCUT2D eigenvalue weighted by molar-refractivity contribution is 8.76. The maximum absolute atomic E-state index is 14.1. The lowest BCUT2D eigenvalue weighted by Crippen LogP contribution is -2.43. The molecule has 3 heterocycles. The van der Waals surface area contributed by atoms with Crippen LogP contribution in [0.15, 0.2) is 119 Å². The molecule has 0 unspecified atom stereocenters. The zero-order valence-corrected chi connectivity index (χ0v) is 45.1. The minimum Gasteiger partial charge on any atom is -0.456 e. The molecule has 1 spiro atoms. The second-order valence-corrected chi connectivity index (χ2v) is 21.5. The predicted molar refractivity (Wildman–Crippen MR) is 296 cm³/mol. The third-order valence-corrected chi connectivity index (χ3v) is 16.3. The number of hydrogen-bond acceptors (Lipinski definition) is 13. The van der Waals surface area contributed by atoms with E-state index in [4.69, 9.17) is 23.4 Å². The van der Waals surface area contributed by atoms with Crippen molar-refractivity contribution >= 4 is 68.0 Å². The summed E-state index contributed by atoms with van der Waals surface area (Å²) in [5.41, 5.74) is 5.97. The lowest BCUT2D eigenvalue weighted by atomic mass is 9.77. The molecular formula is C60H59N4O10S2+. The van der Waals surface area contributed by atoms with Gasteiger partial charge in [-0.2, -0.15) is 0 Å². The molecule has 3 aliphatic heterocycles. The molecule has 0 radical (unpaired) electrons. The van der Waals surface area contributed by atoms with Crippen LogP contribution in [0.2, 0.25) is 0 Å². The smallest absolute Gasteiger partial charge is 0.340 e. The fraction of sp³-hybridized carbons (Fsp3) is 0.300. The van der Waals surface area contributed by atoms with Crippen molar-refractivity contribution in [2.75, 3.05) is 37.3 Å². The van der Waals surface area contributed by atoms with Crippen LogP contribution in [-0.2, 0) is 19.9 Å². The molecule has 2 aliphatic carbocycles. The van der Waals surface area contributed by atoms with Crippen LogP contribution in [-0.4, -0.2) is 74.2 Å². The summed E-state index contributed by atoms with van der Waals surface area (Å²) in [6, 6.07) is 33.2. The van der Waals surface area contributed by atoms with Crippen molar-refractivity contribution in [1.82, 2.24) is 15.2 Å². The van der Waals surface area contributed by atoms with Crippen LogP contribution in [0.1, 0.15) is 115 Å². The molecule has 14 nitrogen and oxygen atoms in total. The largest absolute Gasteiger partial charge is 0.456 e. The summed E-state index contributed by atoms with van der Waals surface area (Å²) in [5.74, 6) is -0.432. The second-order valence-electron chi connectivity index (χ2n) is 19.1. The summed E-state index contributed by atoms with van der Waals surface area (Å²) >= 11 is 0. The molecule has 0 saturated heterocycles. The van der Waals surface area contributed by atoms with Gasteiger partial charge < -0.3 is 38.9 Å². The highest BCUT2D eigenvalue weighted by Crippen LogP contribution is 2.57. The van der Waals surface area contributed by atoms with Crippen molar-refractivity contribution in [2.45, 2.75) is 89.8 Å². The molecule has 10 rings (SSSR count). The van der Waals surface area contributed by atoms with Gasteiger partial charge in [0.1, 0.15) is 47.4 Å². The second kappa shape index (κ2) is 21.6. The molecule has 5 aromatic carbocycles. The minimum atomic E-state index is -1.50. The normalized spacial score (nSPS) is 16.0. The summed E-state index contributed by atoms with van der Waals surface area (Å²) in [6.45, 7) is 14.7. The van der Waals surface area contributed by atoms with E-state index in [1.807, 2.05) is 18.4 Å². The molecule has 0 atom stereocenters. The van der Waals surface area contributed by atoms with Crippen LogP contribution in [0, 0.1) is 0 Å². The first-order chi connectivity index (χ1) is 36.7. The van der Waals surface area contributed by atoms with E-state index in [2.05, 4.69) is 90.3 Å². The van der Waals surface area contributed by atoms with Crippen LogP contribution < -0.4 is 39.7 Å². The summed E-state index contributed by atoms with van der Waals surface area (Å²) in [6.07, 6.45) is 4.65. The van der Waals surface area contributed by atoms with Gasteiger partial charge in [-0.25, -0.2) is 9.37 Å². The Kier molecular flexibility index (Phi) is 14.7. The number of rotatable bonds is 14. The maximum atomic E-state index is 14.1. The average Bonchev–Trinajstić information content (AvgIpc) is 3.88. The number of carbonyl (C=O) groups is 5. The number of benzene rings is 6. The van der Waals surface area contributed by atoms with E-state index >= 15 is 0 Å². The summed E-state index contributed by atoms with van der Waals surface area (Å²) in [5, 5.41) is 8.55. The molecule has 1 saturated carbocycles. The third kappa shape index (κ3) is 9.79. The van der Waals surface area contributed by atoms with Crippen molar-refractivity contribution in [3.8, 4) is 45.4 Å². The number of fused-ring (bicyclic) bond motifs is 8. The lowest BCUT2D eigenvalue weighted by molar-refractivity contribution is -0.132. The fourth-order valence-corrected chi connectivity index (χ4v) is 12.5. The molecule has 5 aromatic rings. The van der Waals surface area contributed by atoms with E-state index < -0.39 is 23.5 Å². The number of carbonyl (C=O) groups excluding carboxylic acids is 5. The topological polar surface area (TPSA) is 166 Å². The Bertz CT molecular complexity index is 3450. The first kappa shape index (κ1) is 51.9. The van der Waals surface area contributed by atoms with E-state index in [0.29, 0.717) is 47.9 Å². The highest BCUT2D eigenvalue weighted by Gasteiger charge is 2.54. The van der Waals surface area contributed by atoms with Gasteiger partial charge in [0.15, 0.2) is 5.60 Å². The number of amides is 2. The Morgan fingerprint density at radius 3 is 1.83 bits per heavy atom. The van der Waals surface area contributed by atoms with Crippen molar-refractivity contribution in [2.24, 2.45) is 0 Å². The molecule has 390 valence electrons. The Morgan fingerprint density at radius 2 is 1.25 bits per heavy atom. The zero-order valence-electron chi connectivity index (χ0n) is 43.5. The quantitative estimate of drug-likeness (QED) is 0.0348. The van der Waals surface area contributed by atoms with Crippen molar-refractivity contribution in [1.29, 1.82) is 0 Å². The van der Waals surface area contributed by atoms with Gasteiger partial charge in [0.25, 0.3) is 11.8 Å². The molecule has 0 aromatic heterocycles. The van der Waals surface area contributed by atoms with Gasteiger partial charge in [-0.3, -0.25) is 19.2 Å². The van der Waals surface area contributed by atoms with Crippen LogP contribution >= 0.6 is 21.6 Å². The van der Waals surface area contributed by atoms with Gasteiger partial charge in [0.05, 0.1) is 11.6 Å². The number of nitrogens with one attached hydrogen (secondary N) is 2. The Morgan fingerprint density at radius 1 is 0.671 bits per heavy atom. The van der Waals surface area contributed by atoms with Gasteiger partial charge in [0.2, 0.25) is 5.36 Å². The first-order valence-corrected chi connectivity index (χ1v) is 28.3. The molecule has 0 bridgehead atoms. The molecule has 1 fully saturated rings. The minimum absolute atomic E-state index is 0.0907. The average molecular weight is 1060 g/mol. The number of ether oxygens (including phenoxy) is 4. The van der Waals surface area contributed by atoms with Gasteiger partial charge in [-0.1, -0.05) is 33.7 Å². The number of anilines is 1. The number of hydrogen-bond donors (Lipinski definition) is 2. The Labute approximate surface area is 448 Å². The molecule has 76 heavy (non-hydrogen) atoms. The zero-order chi connectivity index (χ0) is 53.4. The van der Waals surface area contributed by atoms with Crippen LogP contribution in [0.25, 0.3) is 33.4 Å². The van der Waals surface area contributed by atoms with E-state index in [0.717, 1.165) is 75.5 Å². The number of nitrogens with zero attached hydrogens (tertiary/aromatic N) is 2. The predicted octanol–water partition coefficient (Wildman–Crippen LogP) is 11.1. The third-order valence-electron chi connectivity index (χ3n) is 14.6. The Balaban J connectivity index is 0.855. The summed E-state index contributed by atoms with van der Waals surface area (Å²) < 4.78 is 32.3. The molecule has 5 aliphatic rings. The summed E-state index contributed by atoms with van der Waals surface area (Å²) in [7, 11) is 3.26. The van der Waals surface area contributed by atoms with E-state index in [1.54, 1.807) is 64.1 Å². The fourth-order valence-electron chi connectivity index (χ4n) is 11.0. The molecule has 2 amide bonds.